The van der Waals surface area contributed by atoms with E-state index in [2.05, 4.69) is 10.2 Å². The molecule has 0 aromatic rings. The molecule has 0 radical (unpaired) electrons. The lowest BCUT2D eigenvalue weighted by Crippen LogP contribution is -2.32. The summed E-state index contributed by atoms with van der Waals surface area (Å²) in [6.07, 6.45) is -1.90. The van der Waals surface area contributed by atoms with Crippen LogP contribution in [0.4, 0.5) is 4.39 Å². The molecule has 6 nitrogen and oxygen atoms in total. The summed E-state index contributed by atoms with van der Waals surface area (Å²) in [4.78, 5) is 9.78. The molecule has 1 unspecified atom stereocenters. The Labute approximate surface area is 49.1 Å². The number of nitro groups is 1. The molecule has 0 aliphatic carbocycles. The second-order valence-electron chi connectivity index (χ2n) is 1.39. The van der Waals surface area contributed by atoms with Gasteiger partial charge in [0.2, 0.25) is 0 Å². The van der Waals surface area contributed by atoms with Crippen molar-refractivity contribution in [3.63, 3.8) is 0 Å². The van der Waals surface area contributed by atoms with E-state index in [1.165, 1.54) is 0 Å². The van der Waals surface area contributed by atoms with Crippen LogP contribution in [0.2, 0.25) is 0 Å². The van der Waals surface area contributed by atoms with Crippen molar-refractivity contribution in [2.24, 2.45) is 10.2 Å². The van der Waals surface area contributed by atoms with Crippen LogP contribution < -0.4 is 0 Å². The molecule has 1 heterocycles. The predicted octanol–water partition coefficient (Wildman–Crippen LogP) is 0.156. The molecule has 50 valence electrons. The topological polar surface area (TPSA) is 71.1 Å². The Bertz CT molecular complexity index is 159. The highest BCUT2D eigenvalue weighted by molar-refractivity contribution is 4.50. The SMILES string of the molecule is O=[N+]([O-])N1CN=NC1F. The predicted molar refractivity (Wildman–Crippen MR) is 23.5 cm³/mol. The summed E-state index contributed by atoms with van der Waals surface area (Å²) in [7, 11) is 0. The van der Waals surface area contributed by atoms with Gasteiger partial charge in [-0.3, -0.25) is 0 Å². The van der Waals surface area contributed by atoms with Crippen molar-refractivity contribution in [2.75, 3.05) is 6.67 Å². The third-order valence-electron chi connectivity index (χ3n) is 0.841. The van der Waals surface area contributed by atoms with Crippen LogP contribution in [0.5, 0.6) is 0 Å². The van der Waals surface area contributed by atoms with E-state index in [1.807, 2.05) is 0 Å². The summed E-state index contributed by atoms with van der Waals surface area (Å²) in [5, 5.41) is 15.2. The molecule has 9 heavy (non-hydrogen) atoms. The number of alkyl halides is 1. The maximum absolute atomic E-state index is 12.1. The molecule has 0 N–H and O–H groups in total. The van der Waals surface area contributed by atoms with Gasteiger partial charge in [0.05, 0.1) is 0 Å². The van der Waals surface area contributed by atoms with E-state index in [-0.39, 0.29) is 6.67 Å². The summed E-state index contributed by atoms with van der Waals surface area (Å²) in [6, 6.07) is 0. The van der Waals surface area contributed by atoms with E-state index < -0.39 is 11.5 Å². The Morgan fingerprint density at radius 1 is 1.89 bits per heavy atom. The zero-order chi connectivity index (χ0) is 6.85. The molecule has 0 aromatic carbocycles. The fraction of sp³-hybridized carbons (Fsp3) is 1.00. The summed E-state index contributed by atoms with van der Waals surface area (Å²) < 4.78 is 12.1. The summed E-state index contributed by atoms with van der Waals surface area (Å²) in [5.74, 6) is 0. The fourth-order valence-corrected chi connectivity index (χ4v) is 0.425. The smallest absolute Gasteiger partial charge is 0.234 e. The molecule has 1 aliphatic rings. The molecular weight excluding hydrogens is 131 g/mol. The van der Waals surface area contributed by atoms with E-state index in [0.717, 1.165) is 0 Å². The maximum atomic E-state index is 12.1. The van der Waals surface area contributed by atoms with E-state index in [4.69, 9.17) is 0 Å². The summed E-state index contributed by atoms with van der Waals surface area (Å²) in [5.41, 5.74) is 0. The lowest BCUT2D eigenvalue weighted by Gasteiger charge is -2.03. The van der Waals surface area contributed by atoms with Crippen LogP contribution in [0.15, 0.2) is 10.2 Å². The monoisotopic (exact) mass is 134 g/mol. The lowest BCUT2D eigenvalue weighted by atomic mass is 10.9. The molecule has 0 spiro atoms. The number of rotatable bonds is 1. The summed E-state index contributed by atoms with van der Waals surface area (Å²) >= 11 is 0. The van der Waals surface area contributed by atoms with Gasteiger partial charge in [0.15, 0.2) is 11.7 Å². The second kappa shape index (κ2) is 1.92. The highest BCUT2D eigenvalue weighted by atomic mass is 19.1. The number of hydrazine groups is 1. The first kappa shape index (κ1) is 5.86. The Hall–Kier alpha value is -1.27. The third kappa shape index (κ3) is 0.929. The molecule has 1 rings (SSSR count). The standard InChI is InChI=1S/C2H3FN4O2/c3-2-5-4-1-6(2)7(8)9/h2H,1H2. The average Bonchev–Trinajstić information content (AvgIpc) is 2.13. The van der Waals surface area contributed by atoms with Gasteiger partial charge < -0.3 is 0 Å². The van der Waals surface area contributed by atoms with Gasteiger partial charge in [-0.15, -0.1) is 5.11 Å². The van der Waals surface area contributed by atoms with E-state index >= 15 is 0 Å². The quantitative estimate of drug-likeness (QED) is 0.291. The molecule has 0 amide bonds. The number of hydrogen-bond donors (Lipinski definition) is 0. The van der Waals surface area contributed by atoms with Gasteiger partial charge in [0, 0.05) is 0 Å². The van der Waals surface area contributed by atoms with E-state index in [9.17, 15) is 14.5 Å². The number of hydrogen-bond acceptors (Lipinski definition) is 4. The molecule has 0 bridgehead atoms. The second-order valence-corrected chi connectivity index (χ2v) is 1.39. The minimum atomic E-state index is -1.90. The van der Waals surface area contributed by atoms with Crippen LogP contribution >= 0.6 is 0 Å². The van der Waals surface area contributed by atoms with Gasteiger partial charge in [0.1, 0.15) is 0 Å². The van der Waals surface area contributed by atoms with Gasteiger partial charge in [-0.05, 0) is 5.01 Å². The first-order chi connectivity index (χ1) is 4.22. The number of nitrogens with zero attached hydrogens (tertiary/aromatic N) is 4. The van der Waals surface area contributed by atoms with Gasteiger partial charge in [-0.1, -0.05) is 0 Å². The average molecular weight is 134 g/mol. The molecule has 1 aliphatic heterocycles. The highest BCUT2D eigenvalue weighted by Crippen LogP contribution is 2.09. The van der Waals surface area contributed by atoms with Crippen molar-refractivity contribution in [2.45, 2.75) is 6.42 Å². The number of halogens is 1. The fourth-order valence-electron chi connectivity index (χ4n) is 0.425. The Kier molecular flexibility index (Phi) is 1.25. The van der Waals surface area contributed by atoms with Crippen molar-refractivity contribution >= 4 is 0 Å². The van der Waals surface area contributed by atoms with Gasteiger partial charge in [-0.25, -0.2) is 10.1 Å². The molecule has 1 atom stereocenters. The van der Waals surface area contributed by atoms with Crippen molar-refractivity contribution in [1.29, 1.82) is 0 Å². The zero-order valence-electron chi connectivity index (χ0n) is 4.27. The van der Waals surface area contributed by atoms with E-state index in [0.29, 0.717) is 5.01 Å². The van der Waals surface area contributed by atoms with Crippen LogP contribution in [-0.2, 0) is 0 Å². The van der Waals surface area contributed by atoms with Crippen molar-refractivity contribution in [3.05, 3.63) is 10.1 Å². The number of azo groups is 1. The highest BCUT2D eigenvalue weighted by Gasteiger charge is 2.29. The molecule has 7 heteroatoms. The van der Waals surface area contributed by atoms with Crippen molar-refractivity contribution in [1.82, 2.24) is 5.01 Å². The maximum Gasteiger partial charge on any atom is 0.337 e. The van der Waals surface area contributed by atoms with E-state index in [1.54, 1.807) is 0 Å². The largest absolute Gasteiger partial charge is 0.337 e. The first-order valence-electron chi connectivity index (χ1n) is 2.13. The van der Waals surface area contributed by atoms with Crippen LogP contribution in [0.1, 0.15) is 0 Å². The van der Waals surface area contributed by atoms with Crippen LogP contribution in [-0.4, -0.2) is 23.1 Å². The molecule has 0 saturated carbocycles. The minimum Gasteiger partial charge on any atom is -0.234 e. The van der Waals surface area contributed by atoms with Gasteiger partial charge in [0.25, 0.3) is 0 Å². The third-order valence-corrected chi connectivity index (χ3v) is 0.841. The van der Waals surface area contributed by atoms with Crippen LogP contribution in [0, 0.1) is 10.1 Å². The van der Waals surface area contributed by atoms with Crippen LogP contribution in [0.3, 0.4) is 0 Å². The molecule has 0 aromatic heterocycles. The van der Waals surface area contributed by atoms with Gasteiger partial charge >= 0.3 is 6.42 Å². The van der Waals surface area contributed by atoms with Crippen molar-refractivity contribution < 1.29 is 9.42 Å². The first-order valence-corrected chi connectivity index (χ1v) is 2.13. The summed E-state index contributed by atoms with van der Waals surface area (Å²) in [6.45, 7) is -0.297. The molecule has 0 fully saturated rings. The lowest BCUT2D eigenvalue weighted by molar-refractivity contribution is -0.666. The molecule has 0 saturated heterocycles. The molecular formula is C2H3FN4O2. The van der Waals surface area contributed by atoms with Gasteiger partial charge in [-0.2, -0.15) is 9.50 Å². The Morgan fingerprint density at radius 3 is 2.78 bits per heavy atom. The van der Waals surface area contributed by atoms with Crippen molar-refractivity contribution in [3.8, 4) is 0 Å². The van der Waals surface area contributed by atoms with Crippen LogP contribution in [0.25, 0.3) is 0 Å². The normalized spacial score (nSPS) is 25.0. The Morgan fingerprint density at radius 2 is 2.56 bits per heavy atom. The zero-order valence-corrected chi connectivity index (χ0v) is 4.27. The Balaban J connectivity index is 2.55. The minimum absolute atomic E-state index is 0.292.